The van der Waals surface area contributed by atoms with Crippen molar-refractivity contribution in [2.45, 2.75) is 20.0 Å². The van der Waals surface area contributed by atoms with Crippen molar-refractivity contribution in [1.29, 1.82) is 0 Å². The monoisotopic (exact) mass is 329 g/mol. The molecule has 4 nitrogen and oxygen atoms in total. The van der Waals surface area contributed by atoms with Gasteiger partial charge in [0.15, 0.2) is 0 Å². The molecule has 0 heterocycles. The molecule has 0 saturated carbocycles. The molecule has 0 saturated heterocycles. The van der Waals surface area contributed by atoms with E-state index in [-0.39, 0.29) is 12.0 Å². The van der Waals surface area contributed by atoms with Gasteiger partial charge in [-0.1, -0.05) is 15.9 Å². The molecule has 0 aliphatic rings. The van der Waals surface area contributed by atoms with Crippen molar-refractivity contribution in [3.8, 4) is 5.75 Å². The molecule has 1 aromatic carbocycles. The third-order valence-electron chi connectivity index (χ3n) is 2.24. The molecule has 19 heavy (non-hydrogen) atoms. The van der Waals surface area contributed by atoms with Crippen LogP contribution in [-0.2, 0) is 4.74 Å². The largest absolute Gasteiger partial charge is 0.491 e. The minimum Gasteiger partial charge on any atom is -0.491 e. The molecule has 0 unspecified atom stereocenters. The van der Waals surface area contributed by atoms with Gasteiger partial charge in [0.2, 0.25) is 0 Å². The van der Waals surface area contributed by atoms with E-state index >= 15 is 0 Å². The van der Waals surface area contributed by atoms with Crippen molar-refractivity contribution >= 4 is 21.8 Å². The summed E-state index contributed by atoms with van der Waals surface area (Å²) in [6.45, 7) is 5.61. The molecule has 106 valence electrons. The number of hydrogen-bond donors (Lipinski definition) is 1. The fraction of sp³-hybridized carbons (Fsp3) is 0.500. The number of alkyl halides is 1. The number of carbonyl (C=O) groups is 1. The predicted molar refractivity (Wildman–Crippen MR) is 79.2 cm³/mol. The van der Waals surface area contributed by atoms with Crippen LogP contribution in [0, 0.1) is 0 Å². The quantitative estimate of drug-likeness (QED) is 0.589. The average Bonchev–Trinajstić information content (AvgIpc) is 2.38. The van der Waals surface area contributed by atoms with Gasteiger partial charge in [-0.15, -0.1) is 0 Å². The number of amides is 1. The molecular formula is C14H20BrNO3. The Morgan fingerprint density at radius 3 is 2.53 bits per heavy atom. The first-order chi connectivity index (χ1) is 9.13. The first kappa shape index (κ1) is 16.0. The van der Waals surface area contributed by atoms with Crippen molar-refractivity contribution in [3.05, 3.63) is 29.8 Å². The summed E-state index contributed by atoms with van der Waals surface area (Å²) in [5, 5.41) is 3.60. The number of hydrogen-bond acceptors (Lipinski definition) is 3. The second kappa shape index (κ2) is 8.93. The molecular weight excluding hydrogens is 310 g/mol. The third kappa shape index (κ3) is 6.59. The van der Waals surface area contributed by atoms with Crippen LogP contribution in [0.4, 0.5) is 0 Å². The van der Waals surface area contributed by atoms with Gasteiger partial charge in [-0.2, -0.15) is 0 Å². The van der Waals surface area contributed by atoms with Crippen LogP contribution in [0.25, 0.3) is 0 Å². The maximum absolute atomic E-state index is 11.8. The minimum absolute atomic E-state index is 0.0986. The van der Waals surface area contributed by atoms with Crippen LogP contribution < -0.4 is 10.1 Å². The van der Waals surface area contributed by atoms with Crippen LogP contribution in [0.1, 0.15) is 24.2 Å². The standard InChI is InChI=1S/C14H20BrNO3/c1-11(2)19-13-5-3-12(4-6-13)14(17)16-8-10-18-9-7-15/h3-6,11H,7-10H2,1-2H3,(H,16,17). The van der Waals surface area contributed by atoms with E-state index in [2.05, 4.69) is 21.2 Å². The highest BCUT2D eigenvalue weighted by Crippen LogP contribution is 2.13. The molecule has 0 atom stereocenters. The predicted octanol–water partition coefficient (Wildman–Crippen LogP) is 2.62. The summed E-state index contributed by atoms with van der Waals surface area (Å²) in [4.78, 5) is 11.8. The zero-order chi connectivity index (χ0) is 14.1. The summed E-state index contributed by atoms with van der Waals surface area (Å²) in [6.07, 6.45) is 0.131. The number of nitrogens with one attached hydrogen (secondary N) is 1. The van der Waals surface area contributed by atoms with E-state index < -0.39 is 0 Å². The van der Waals surface area contributed by atoms with Gasteiger partial charge in [-0.25, -0.2) is 0 Å². The molecule has 0 bridgehead atoms. The van der Waals surface area contributed by atoms with Crippen LogP contribution in [0.15, 0.2) is 24.3 Å². The lowest BCUT2D eigenvalue weighted by molar-refractivity contribution is 0.0924. The van der Waals surface area contributed by atoms with Gasteiger partial charge in [0, 0.05) is 17.4 Å². The van der Waals surface area contributed by atoms with Crippen molar-refractivity contribution in [2.75, 3.05) is 25.1 Å². The number of rotatable bonds is 8. The summed E-state index contributed by atoms with van der Waals surface area (Å²) >= 11 is 3.27. The van der Waals surface area contributed by atoms with Crippen molar-refractivity contribution < 1.29 is 14.3 Å². The number of halogens is 1. The van der Waals surface area contributed by atoms with Crippen LogP contribution in [0.2, 0.25) is 0 Å². The SMILES string of the molecule is CC(C)Oc1ccc(C(=O)NCCOCCBr)cc1. The Bertz CT molecular complexity index is 379. The molecule has 0 radical (unpaired) electrons. The molecule has 0 aliphatic heterocycles. The second-order valence-corrected chi connectivity index (χ2v) is 5.04. The van der Waals surface area contributed by atoms with E-state index in [1.54, 1.807) is 24.3 Å². The normalized spacial score (nSPS) is 10.5. The third-order valence-corrected chi connectivity index (χ3v) is 2.57. The lowest BCUT2D eigenvalue weighted by Crippen LogP contribution is -2.27. The summed E-state index contributed by atoms with van der Waals surface area (Å²) in [5.74, 6) is 0.672. The molecule has 1 amide bonds. The minimum atomic E-state index is -0.0986. The molecule has 1 rings (SSSR count). The van der Waals surface area contributed by atoms with Crippen molar-refractivity contribution in [1.82, 2.24) is 5.32 Å². The van der Waals surface area contributed by atoms with Gasteiger partial charge in [0.1, 0.15) is 5.75 Å². The molecule has 1 aromatic rings. The molecule has 1 N–H and O–H groups in total. The van der Waals surface area contributed by atoms with Gasteiger partial charge in [0.25, 0.3) is 5.91 Å². The first-order valence-electron chi connectivity index (χ1n) is 6.32. The smallest absolute Gasteiger partial charge is 0.251 e. The van der Waals surface area contributed by atoms with Gasteiger partial charge in [0.05, 0.1) is 19.3 Å². The van der Waals surface area contributed by atoms with Crippen molar-refractivity contribution in [2.24, 2.45) is 0 Å². The Labute approximate surface area is 122 Å². The highest BCUT2D eigenvalue weighted by molar-refractivity contribution is 9.09. The van der Waals surface area contributed by atoms with Crippen LogP contribution >= 0.6 is 15.9 Å². The fourth-order valence-corrected chi connectivity index (χ4v) is 1.68. The maximum Gasteiger partial charge on any atom is 0.251 e. The van der Waals surface area contributed by atoms with E-state index in [0.29, 0.717) is 25.3 Å². The lowest BCUT2D eigenvalue weighted by atomic mass is 10.2. The van der Waals surface area contributed by atoms with Gasteiger partial charge >= 0.3 is 0 Å². The molecule has 0 fully saturated rings. The maximum atomic E-state index is 11.8. The second-order valence-electron chi connectivity index (χ2n) is 4.25. The molecule has 0 aromatic heterocycles. The van der Waals surface area contributed by atoms with E-state index in [0.717, 1.165) is 11.1 Å². The molecule has 0 aliphatic carbocycles. The van der Waals surface area contributed by atoms with E-state index in [9.17, 15) is 4.79 Å². The summed E-state index contributed by atoms with van der Waals surface area (Å²) < 4.78 is 10.8. The Balaban J connectivity index is 2.36. The average molecular weight is 330 g/mol. The van der Waals surface area contributed by atoms with Crippen molar-refractivity contribution in [3.63, 3.8) is 0 Å². The first-order valence-corrected chi connectivity index (χ1v) is 7.44. The highest BCUT2D eigenvalue weighted by Gasteiger charge is 2.05. The van der Waals surface area contributed by atoms with Gasteiger partial charge in [-0.3, -0.25) is 4.79 Å². The van der Waals surface area contributed by atoms with E-state index in [1.807, 2.05) is 13.8 Å². The Morgan fingerprint density at radius 2 is 1.95 bits per heavy atom. The highest BCUT2D eigenvalue weighted by atomic mass is 79.9. The summed E-state index contributed by atoms with van der Waals surface area (Å²) in [7, 11) is 0. The van der Waals surface area contributed by atoms with E-state index in [4.69, 9.17) is 9.47 Å². The zero-order valence-electron chi connectivity index (χ0n) is 11.3. The fourth-order valence-electron chi connectivity index (χ4n) is 1.45. The van der Waals surface area contributed by atoms with Crippen LogP contribution in [0.3, 0.4) is 0 Å². The lowest BCUT2D eigenvalue weighted by Gasteiger charge is -2.10. The topological polar surface area (TPSA) is 47.6 Å². The summed E-state index contributed by atoms with van der Waals surface area (Å²) in [6, 6.07) is 7.12. The van der Waals surface area contributed by atoms with Gasteiger partial charge < -0.3 is 14.8 Å². The summed E-state index contributed by atoms with van der Waals surface area (Å²) in [5.41, 5.74) is 0.622. The Kier molecular flexibility index (Phi) is 7.52. The van der Waals surface area contributed by atoms with Crippen LogP contribution in [0.5, 0.6) is 5.75 Å². The van der Waals surface area contributed by atoms with Crippen LogP contribution in [-0.4, -0.2) is 37.1 Å². The Hall–Kier alpha value is -1.07. The zero-order valence-corrected chi connectivity index (χ0v) is 12.9. The number of benzene rings is 1. The molecule has 5 heteroatoms. The number of ether oxygens (including phenoxy) is 2. The Morgan fingerprint density at radius 1 is 1.26 bits per heavy atom. The number of carbonyl (C=O) groups excluding carboxylic acids is 1. The van der Waals surface area contributed by atoms with Gasteiger partial charge in [-0.05, 0) is 38.1 Å². The van der Waals surface area contributed by atoms with E-state index in [1.165, 1.54) is 0 Å². The molecule has 0 spiro atoms.